The predicted molar refractivity (Wildman–Crippen MR) is 111 cm³/mol. The van der Waals surface area contributed by atoms with Crippen molar-refractivity contribution in [1.29, 1.82) is 0 Å². The van der Waals surface area contributed by atoms with Crippen LogP contribution in [-0.4, -0.2) is 41.9 Å². The zero-order valence-corrected chi connectivity index (χ0v) is 17.9. The first-order valence-electron chi connectivity index (χ1n) is 8.73. The van der Waals surface area contributed by atoms with Crippen LogP contribution in [0.1, 0.15) is 29.3 Å². The Bertz CT molecular complexity index is 903. The number of amides is 1. The van der Waals surface area contributed by atoms with E-state index in [0.717, 1.165) is 10.9 Å². The van der Waals surface area contributed by atoms with Crippen molar-refractivity contribution in [1.82, 2.24) is 5.32 Å². The Morgan fingerprint density at radius 2 is 1.86 bits per heavy atom. The lowest BCUT2D eigenvalue weighted by atomic mass is 9.92. The second-order valence-corrected chi connectivity index (χ2v) is 8.49. The fourth-order valence-corrected chi connectivity index (χ4v) is 3.50. The lowest BCUT2D eigenvalue weighted by Gasteiger charge is -2.12. The molecule has 0 spiro atoms. The number of ether oxygens (including phenoxy) is 1. The molecule has 0 saturated carbocycles. The molecule has 0 saturated heterocycles. The first kappa shape index (κ1) is 22.6. The van der Waals surface area contributed by atoms with E-state index in [9.17, 15) is 13.2 Å². The number of hydrogen-bond donors (Lipinski definition) is 1. The molecule has 2 radical (unpaired) electrons. The first-order chi connectivity index (χ1) is 13.3. The van der Waals surface area contributed by atoms with Crippen LogP contribution in [-0.2, 0) is 25.6 Å². The number of halogens is 1. The average molecular weight is 466 g/mol. The van der Waals surface area contributed by atoms with Crippen LogP contribution in [0.2, 0.25) is 0 Å². The molecule has 0 unspecified atom stereocenters. The van der Waals surface area contributed by atoms with Gasteiger partial charge in [0.05, 0.1) is 18.1 Å². The minimum Gasteiger partial charge on any atom is -0.380 e. The second kappa shape index (κ2) is 10.8. The molecule has 1 amide bonds. The standard InChI is InChI=1S/C19H21BBrNO5S/c1-2-10-26-11-9-22-19(23)18-8-3-15(20)12-14(18)13-27-28(24,25)17-6-4-16(21)5-7-17/h3-8,12H,2,9-11,13H2,1H3,(H,22,23). The molecule has 1 N–H and O–H groups in total. The van der Waals surface area contributed by atoms with E-state index < -0.39 is 10.1 Å². The van der Waals surface area contributed by atoms with Crippen LogP contribution in [0.15, 0.2) is 51.8 Å². The van der Waals surface area contributed by atoms with E-state index in [0.29, 0.717) is 36.3 Å². The van der Waals surface area contributed by atoms with Crippen molar-refractivity contribution in [2.45, 2.75) is 24.8 Å². The third kappa shape index (κ3) is 6.74. The number of rotatable bonds is 10. The van der Waals surface area contributed by atoms with Gasteiger partial charge in [-0.15, -0.1) is 0 Å². The molecule has 148 valence electrons. The Morgan fingerprint density at radius 3 is 2.54 bits per heavy atom. The Kier molecular flexibility index (Phi) is 8.69. The van der Waals surface area contributed by atoms with Crippen molar-refractivity contribution < 1.29 is 22.1 Å². The second-order valence-electron chi connectivity index (χ2n) is 5.96. The summed E-state index contributed by atoms with van der Waals surface area (Å²) in [4.78, 5) is 12.5. The molecule has 0 aliphatic rings. The summed E-state index contributed by atoms with van der Waals surface area (Å²) in [5.41, 5.74) is 1.09. The van der Waals surface area contributed by atoms with Gasteiger partial charge in [-0.1, -0.05) is 40.4 Å². The lowest BCUT2D eigenvalue weighted by Crippen LogP contribution is -2.29. The highest BCUT2D eigenvalue weighted by atomic mass is 79.9. The number of carbonyl (C=O) groups excluding carboxylic acids is 1. The van der Waals surface area contributed by atoms with Gasteiger partial charge in [0.15, 0.2) is 0 Å². The van der Waals surface area contributed by atoms with Gasteiger partial charge in [0.1, 0.15) is 7.85 Å². The van der Waals surface area contributed by atoms with Crippen LogP contribution in [0.4, 0.5) is 0 Å². The molecule has 2 rings (SSSR count). The third-order valence-corrected chi connectivity index (χ3v) is 5.53. The molecule has 0 heterocycles. The van der Waals surface area contributed by atoms with Gasteiger partial charge >= 0.3 is 0 Å². The van der Waals surface area contributed by atoms with E-state index in [1.165, 1.54) is 18.2 Å². The maximum Gasteiger partial charge on any atom is 0.297 e. The third-order valence-electron chi connectivity index (χ3n) is 3.73. The zero-order valence-electron chi connectivity index (χ0n) is 15.5. The molecule has 9 heteroatoms. The molecule has 0 aliphatic heterocycles. The smallest absolute Gasteiger partial charge is 0.297 e. The molecule has 2 aromatic rings. The monoisotopic (exact) mass is 465 g/mol. The summed E-state index contributed by atoms with van der Waals surface area (Å²) in [6.07, 6.45) is 0.903. The molecular formula is C19H21BBrNO5S. The molecule has 0 atom stereocenters. The van der Waals surface area contributed by atoms with E-state index in [1.807, 2.05) is 6.92 Å². The van der Waals surface area contributed by atoms with Crippen molar-refractivity contribution in [3.8, 4) is 0 Å². The lowest BCUT2D eigenvalue weighted by molar-refractivity contribution is 0.0913. The van der Waals surface area contributed by atoms with Crippen LogP contribution < -0.4 is 10.8 Å². The fourth-order valence-electron chi connectivity index (χ4n) is 2.34. The van der Waals surface area contributed by atoms with E-state index in [1.54, 1.807) is 24.3 Å². The summed E-state index contributed by atoms with van der Waals surface area (Å²) < 4.78 is 36.0. The molecule has 28 heavy (non-hydrogen) atoms. The maximum atomic E-state index is 12.4. The molecule has 0 aliphatic carbocycles. The van der Waals surface area contributed by atoms with Crippen LogP contribution in [0, 0.1) is 0 Å². The predicted octanol–water partition coefficient (Wildman–Crippen LogP) is 2.30. The molecule has 2 aromatic carbocycles. The highest BCUT2D eigenvalue weighted by Gasteiger charge is 2.18. The minimum absolute atomic E-state index is 0.0266. The topological polar surface area (TPSA) is 81.7 Å². The van der Waals surface area contributed by atoms with Crippen molar-refractivity contribution in [3.63, 3.8) is 0 Å². The molecule has 0 bridgehead atoms. The zero-order chi connectivity index (χ0) is 20.6. The number of benzene rings is 2. The first-order valence-corrected chi connectivity index (χ1v) is 10.9. The van der Waals surface area contributed by atoms with Gasteiger partial charge in [0.2, 0.25) is 0 Å². The maximum absolute atomic E-state index is 12.4. The quantitative estimate of drug-likeness (QED) is 0.330. The van der Waals surface area contributed by atoms with Crippen molar-refractivity contribution in [2.24, 2.45) is 0 Å². The Morgan fingerprint density at radius 1 is 1.14 bits per heavy atom. The van der Waals surface area contributed by atoms with Crippen molar-refractivity contribution >= 4 is 45.3 Å². The van der Waals surface area contributed by atoms with Crippen LogP contribution in [0.5, 0.6) is 0 Å². The largest absolute Gasteiger partial charge is 0.380 e. The van der Waals surface area contributed by atoms with Gasteiger partial charge in [-0.2, -0.15) is 8.42 Å². The SMILES string of the molecule is [B]c1ccc(C(=O)NCCOCCC)c(COS(=O)(=O)c2ccc(Br)cc2)c1. The van der Waals surface area contributed by atoms with Crippen LogP contribution in [0.3, 0.4) is 0 Å². The Labute approximate surface area is 175 Å². The number of hydrogen-bond acceptors (Lipinski definition) is 5. The molecule has 6 nitrogen and oxygen atoms in total. The number of nitrogens with one attached hydrogen (secondary N) is 1. The van der Waals surface area contributed by atoms with Gasteiger partial charge in [0.25, 0.3) is 16.0 Å². The molecule has 0 fully saturated rings. The summed E-state index contributed by atoms with van der Waals surface area (Å²) in [5, 5.41) is 2.74. The van der Waals surface area contributed by atoms with Crippen LogP contribution >= 0.6 is 15.9 Å². The van der Waals surface area contributed by atoms with Crippen LogP contribution in [0.25, 0.3) is 0 Å². The molecular weight excluding hydrogens is 445 g/mol. The van der Waals surface area contributed by atoms with Gasteiger partial charge in [-0.25, -0.2) is 0 Å². The summed E-state index contributed by atoms with van der Waals surface area (Å²) in [5.74, 6) is -0.347. The van der Waals surface area contributed by atoms with Gasteiger partial charge in [0, 0.05) is 23.2 Å². The van der Waals surface area contributed by atoms with Gasteiger partial charge < -0.3 is 10.1 Å². The Hall–Kier alpha value is -1.68. The van der Waals surface area contributed by atoms with Crippen molar-refractivity contribution in [3.05, 3.63) is 58.1 Å². The van der Waals surface area contributed by atoms with Gasteiger partial charge in [-0.05, 0) is 42.3 Å². The summed E-state index contributed by atoms with van der Waals surface area (Å²) >= 11 is 3.25. The molecule has 0 aromatic heterocycles. The summed E-state index contributed by atoms with van der Waals surface area (Å²) in [6, 6.07) is 10.7. The minimum atomic E-state index is -3.97. The van der Waals surface area contributed by atoms with E-state index in [2.05, 4.69) is 21.2 Å². The average Bonchev–Trinajstić information content (AvgIpc) is 2.66. The summed E-state index contributed by atoms with van der Waals surface area (Å²) in [7, 11) is 1.82. The van der Waals surface area contributed by atoms with E-state index in [-0.39, 0.29) is 17.4 Å². The normalized spacial score (nSPS) is 11.4. The van der Waals surface area contributed by atoms with Crippen molar-refractivity contribution in [2.75, 3.05) is 19.8 Å². The van der Waals surface area contributed by atoms with E-state index >= 15 is 0 Å². The number of carbonyl (C=O) groups is 1. The van der Waals surface area contributed by atoms with Gasteiger partial charge in [-0.3, -0.25) is 8.98 Å². The summed E-state index contributed by atoms with van der Waals surface area (Å²) in [6.45, 7) is 3.07. The Balaban J connectivity index is 2.07. The fraction of sp³-hybridized carbons (Fsp3) is 0.316. The van der Waals surface area contributed by atoms with E-state index in [4.69, 9.17) is 16.8 Å². The highest BCUT2D eigenvalue weighted by molar-refractivity contribution is 9.10. The highest BCUT2D eigenvalue weighted by Crippen LogP contribution is 2.19.